The zero-order valence-corrected chi connectivity index (χ0v) is 14.2. The fourth-order valence-electron chi connectivity index (χ4n) is 2.21. The highest BCUT2D eigenvalue weighted by Crippen LogP contribution is 2.40. The van der Waals surface area contributed by atoms with Crippen molar-refractivity contribution in [1.82, 2.24) is 0 Å². The third-order valence-corrected chi connectivity index (χ3v) is 7.88. The smallest absolute Gasteiger partial charge is 0.269 e. The van der Waals surface area contributed by atoms with Gasteiger partial charge < -0.3 is 0 Å². The van der Waals surface area contributed by atoms with Crippen molar-refractivity contribution < 1.29 is 8.42 Å². The number of thiophene rings is 2. The van der Waals surface area contributed by atoms with Gasteiger partial charge in [-0.3, -0.25) is 4.72 Å². The number of halogens is 1. The van der Waals surface area contributed by atoms with Crippen molar-refractivity contribution in [2.45, 2.75) is 23.5 Å². The topological polar surface area (TPSA) is 70.0 Å². The lowest BCUT2D eigenvalue weighted by atomic mass is 10.1. The Kier molecular flexibility index (Phi) is 3.62. The van der Waals surface area contributed by atoms with Gasteiger partial charge in [-0.05, 0) is 52.9 Å². The van der Waals surface area contributed by atoms with Crippen LogP contribution < -0.4 is 4.72 Å². The molecule has 0 atom stereocenters. The summed E-state index contributed by atoms with van der Waals surface area (Å²) in [6.07, 6.45) is 2.84. The van der Waals surface area contributed by atoms with E-state index in [2.05, 4.69) is 26.7 Å². The zero-order valence-electron chi connectivity index (χ0n) is 10.1. The number of rotatable bonds is 3. The molecule has 1 N–H and O–H groups in total. The van der Waals surface area contributed by atoms with Gasteiger partial charge in [-0.2, -0.15) is 5.26 Å². The van der Waals surface area contributed by atoms with Gasteiger partial charge in [0, 0.05) is 4.88 Å². The van der Waals surface area contributed by atoms with Crippen LogP contribution in [0.15, 0.2) is 20.1 Å². The molecule has 8 heteroatoms. The van der Waals surface area contributed by atoms with Crippen molar-refractivity contribution in [2.24, 2.45) is 0 Å². The minimum atomic E-state index is -3.61. The van der Waals surface area contributed by atoms with E-state index in [4.69, 9.17) is 0 Å². The molecular formula is C12H9BrN2O2S3. The fourth-order valence-corrected chi connectivity index (χ4v) is 6.76. The molecule has 0 spiro atoms. The summed E-state index contributed by atoms with van der Waals surface area (Å²) in [5.74, 6) is 0. The van der Waals surface area contributed by atoms with Gasteiger partial charge in [-0.15, -0.1) is 22.7 Å². The Balaban J connectivity index is 1.98. The summed E-state index contributed by atoms with van der Waals surface area (Å²) in [7, 11) is -3.61. The van der Waals surface area contributed by atoms with Crippen LogP contribution in [-0.2, 0) is 22.9 Å². The maximum atomic E-state index is 12.3. The first kappa shape index (κ1) is 14.1. The predicted octanol–water partition coefficient (Wildman–Crippen LogP) is 3.73. The number of sulfonamides is 1. The maximum absolute atomic E-state index is 12.3. The van der Waals surface area contributed by atoms with Gasteiger partial charge in [-0.1, -0.05) is 0 Å². The van der Waals surface area contributed by atoms with E-state index in [0.717, 1.165) is 44.8 Å². The summed E-state index contributed by atoms with van der Waals surface area (Å²) in [6, 6.07) is 5.37. The first-order valence-electron chi connectivity index (χ1n) is 5.84. The minimum Gasteiger partial charge on any atom is -0.269 e. The average molecular weight is 389 g/mol. The van der Waals surface area contributed by atoms with E-state index in [1.807, 2.05) is 0 Å². The van der Waals surface area contributed by atoms with Crippen LogP contribution in [0.1, 0.15) is 22.4 Å². The molecule has 2 heterocycles. The molecule has 2 aromatic rings. The molecule has 0 bridgehead atoms. The standard InChI is InChI=1S/C12H9BrN2O2S3/c13-10-4-5-11(19-10)20(16,17)15-12-8(6-14)7-2-1-3-9(7)18-12/h4-5,15H,1-3H2. The monoisotopic (exact) mass is 388 g/mol. The van der Waals surface area contributed by atoms with Gasteiger partial charge in [-0.25, -0.2) is 8.42 Å². The molecule has 0 amide bonds. The van der Waals surface area contributed by atoms with Gasteiger partial charge in [0.05, 0.1) is 9.35 Å². The number of hydrogen-bond donors (Lipinski definition) is 1. The van der Waals surface area contributed by atoms with E-state index in [-0.39, 0.29) is 4.21 Å². The highest BCUT2D eigenvalue weighted by Gasteiger charge is 2.25. The molecule has 0 radical (unpaired) electrons. The van der Waals surface area contributed by atoms with Crippen molar-refractivity contribution in [3.63, 3.8) is 0 Å². The molecule has 0 saturated heterocycles. The molecule has 4 nitrogen and oxygen atoms in total. The molecule has 0 unspecified atom stereocenters. The van der Waals surface area contributed by atoms with E-state index in [0.29, 0.717) is 10.6 Å². The van der Waals surface area contributed by atoms with Crippen LogP contribution in [-0.4, -0.2) is 8.42 Å². The van der Waals surface area contributed by atoms with Crippen molar-refractivity contribution in [3.8, 4) is 6.07 Å². The second-order valence-electron chi connectivity index (χ2n) is 4.34. The summed E-state index contributed by atoms with van der Waals surface area (Å²) in [4.78, 5) is 1.13. The summed E-state index contributed by atoms with van der Waals surface area (Å²) in [5, 5.41) is 9.71. The molecule has 20 heavy (non-hydrogen) atoms. The average Bonchev–Trinajstić information content (AvgIpc) is 3.04. The molecule has 0 saturated carbocycles. The Hall–Kier alpha value is -0.880. The summed E-state index contributed by atoms with van der Waals surface area (Å²) in [6.45, 7) is 0. The molecule has 0 fully saturated rings. The highest BCUT2D eigenvalue weighted by molar-refractivity contribution is 9.11. The Bertz CT molecular complexity index is 814. The Morgan fingerprint density at radius 2 is 2.10 bits per heavy atom. The number of fused-ring (bicyclic) bond motifs is 1. The van der Waals surface area contributed by atoms with Crippen molar-refractivity contribution in [2.75, 3.05) is 4.72 Å². The van der Waals surface area contributed by atoms with Crippen LogP contribution in [0, 0.1) is 11.3 Å². The van der Waals surface area contributed by atoms with Crippen LogP contribution in [0.4, 0.5) is 5.00 Å². The third kappa shape index (κ3) is 2.39. The quantitative estimate of drug-likeness (QED) is 0.870. The molecule has 0 aliphatic heterocycles. The number of nitriles is 1. The molecule has 0 aromatic carbocycles. The van der Waals surface area contributed by atoms with Crippen molar-refractivity contribution >= 4 is 53.6 Å². The van der Waals surface area contributed by atoms with E-state index >= 15 is 0 Å². The van der Waals surface area contributed by atoms with E-state index < -0.39 is 10.0 Å². The number of nitrogens with zero attached hydrogens (tertiary/aromatic N) is 1. The molecule has 3 rings (SSSR count). The lowest BCUT2D eigenvalue weighted by molar-refractivity contribution is 0.603. The lowest BCUT2D eigenvalue weighted by Crippen LogP contribution is -2.11. The van der Waals surface area contributed by atoms with Crippen LogP contribution in [0.3, 0.4) is 0 Å². The molecule has 1 aliphatic rings. The summed E-state index contributed by atoms with van der Waals surface area (Å²) >= 11 is 5.78. The maximum Gasteiger partial charge on any atom is 0.272 e. The Morgan fingerprint density at radius 3 is 2.75 bits per heavy atom. The SMILES string of the molecule is N#Cc1c(NS(=O)(=O)c2ccc(Br)s2)sc2c1CCC2. The molecule has 2 aromatic heterocycles. The van der Waals surface area contributed by atoms with Gasteiger partial charge in [0.2, 0.25) is 0 Å². The largest absolute Gasteiger partial charge is 0.272 e. The minimum absolute atomic E-state index is 0.238. The zero-order chi connectivity index (χ0) is 14.3. The van der Waals surface area contributed by atoms with Gasteiger partial charge >= 0.3 is 0 Å². The molecule has 104 valence electrons. The third-order valence-electron chi connectivity index (χ3n) is 3.07. The Labute approximate surface area is 133 Å². The Morgan fingerprint density at radius 1 is 1.30 bits per heavy atom. The second-order valence-corrected chi connectivity index (χ2v) is 9.81. The first-order valence-corrected chi connectivity index (χ1v) is 9.75. The second kappa shape index (κ2) is 5.15. The molecular weight excluding hydrogens is 380 g/mol. The highest BCUT2D eigenvalue weighted by atomic mass is 79.9. The lowest BCUT2D eigenvalue weighted by Gasteiger charge is -2.04. The fraction of sp³-hybridized carbons (Fsp3) is 0.250. The van der Waals surface area contributed by atoms with E-state index in [1.165, 1.54) is 11.3 Å². The van der Waals surface area contributed by atoms with Crippen LogP contribution in [0.25, 0.3) is 0 Å². The van der Waals surface area contributed by atoms with Crippen molar-refractivity contribution in [1.29, 1.82) is 5.26 Å². The molecule has 1 aliphatic carbocycles. The number of nitrogens with one attached hydrogen (secondary N) is 1. The van der Waals surface area contributed by atoms with E-state index in [1.54, 1.807) is 12.1 Å². The predicted molar refractivity (Wildman–Crippen MR) is 83.9 cm³/mol. The van der Waals surface area contributed by atoms with Gasteiger partial charge in [0.1, 0.15) is 15.3 Å². The van der Waals surface area contributed by atoms with Crippen LogP contribution >= 0.6 is 38.6 Å². The first-order chi connectivity index (χ1) is 9.51. The van der Waals surface area contributed by atoms with Crippen molar-refractivity contribution in [3.05, 3.63) is 31.9 Å². The van der Waals surface area contributed by atoms with Gasteiger partial charge in [0.15, 0.2) is 0 Å². The number of anilines is 1. The summed E-state index contributed by atoms with van der Waals surface area (Å²) < 4.78 is 28.1. The number of aryl methyl sites for hydroxylation is 1. The van der Waals surface area contributed by atoms with E-state index in [9.17, 15) is 13.7 Å². The van der Waals surface area contributed by atoms with Crippen LogP contribution in [0.2, 0.25) is 0 Å². The summed E-state index contributed by atoms with van der Waals surface area (Å²) in [5.41, 5.74) is 1.50. The van der Waals surface area contributed by atoms with Crippen LogP contribution in [0.5, 0.6) is 0 Å². The van der Waals surface area contributed by atoms with Gasteiger partial charge in [0.25, 0.3) is 10.0 Å². The number of hydrogen-bond acceptors (Lipinski definition) is 5. The normalized spacial score (nSPS) is 14.0.